The van der Waals surface area contributed by atoms with E-state index in [0.29, 0.717) is 11.5 Å². The number of hydrogen-bond donors (Lipinski definition) is 2. The van der Waals surface area contributed by atoms with Crippen LogP contribution in [0.4, 0.5) is 0 Å². The number of carbonyl (C=O) groups is 1. The summed E-state index contributed by atoms with van der Waals surface area (Å²) in [7, 11) is -2.29. The summed E-state index contributed by atoms with van der Waals surface area (Å²) in [4.78, 5) is 13.9. The minimum Gasteiger partial charge on any atom is -0.497 e. The number of carbonyl (C=O) groups excluding carboxylic acids is 1. The normalized spacial score (nSPS) is 11.0. The first kappa shape index (κ1) is 18.8. The molecule has 0 aliphatic carbocycles. The minimum atomic E-state index is -3.84. The zero-order chi connectivity index (χ0) is 18.4. The van der Waals surface area contributed by atoms with E-state index in [0.717, 1.165) is 11.1 Å². The van der Waals surface area contributed by atoms with Crippen molar-refractivity contribution in [3.05, 3.63) is 53.6 Å². The number of benzene rings is 2. The van der Waals surface area contributed by atoms with Crippen LogP contribution in [0.1, 0.15) is 11.1 Å². The van der Waals surface area contributed by atoms with Crippen LogP contribution in [0.15, 0.2) is 47.4 Å². The number of hydrogen-bond acceptors (Lipinski definition) is 5. The van der Waals surface area contributed by atoms with Crippen LogP contribution in [-0.4, -0.2) is 28.0 Å². The summed E-state index contributed by atoms with van der Waals surface area (Å²) < 4.78 is 34.6. The highest BCUT2D eigenvalue weighted by molar-refractivity contribution is 7.89. The fraction of sp³-hybridized carbons (Fsp3) is 0.235. The van der Waals surface area contributed by atoms with Crippen LogP contribution in [0.25, 0.3) is 0 Å². The van der Waals surface area contributed by atoms with Gasteiger partial charge >= 0.3 is 0 Å². The summed E-state index contributed by atoms with van der Waals surface area (Å²) in [5, 5.41) is 0. The Morgan fingerprint density at radius 2 is 1.64 bits per heavy atom. The van der Waals surface area contributed by atoms with Gasteiger partial charge in [-0.05, 0) is 61.4 Å². The Morgan fingerprint density at radius 3 is 2.24 bits per heavy atom. The molecule has 0 bridgehead atoms. The maximum Gasteiger partial charge on any atom is 0.272 e. The predicted octanol–water partition coefficient (Wildman–Crippen LogP) is 1.70. The molecule has 0 saturated carbocycles. The third-order valence-electron chi connectivity index (χ3n) is 3.54. The van der Waals surface area contributed by atoms with Crippen molar-refractivity contribution in [2.45, 2.75) is 18.7 Å². The van der Waals surface area contributed by atoms with Gasteiger partial charge in [-0.15, -0.1) is 4.83 Å². The van der Waals surface area contributed by atoms with Crippen LogP contribution in [0.2, 0.25) is 0 Å². The van der Waals surface area contributed by atoms with E-state index in [-0.39, 0.29) is 11.5 Å². The summed E-state index contributed by atoms with van der Waals surface area (Å²) >= 11 is 0. The van der Waals surface area contributed by atoms with Crippen LogP contribution in [0, 0.1) is 13.8 Å². The average molecular weight is 364 g/mol. The van der Waals surface area contributed by atoms with Crippen molar-refractivity contribution >= 4 is 15.9 Å². The predicted molar refractivity (Wildman–Crippen MR) is 92.9 cm³/mol. The number of rotatable bonds is 7. The molecular formula is C17H20N2O5S. The Hall–Kier alpha value is -2.58. The van der Waals surface area contributed by atoms with Crippen molar-refractivity contribution in [3.63, 3.8) is 0 Å². The Morgan fingerprint density at radius 1 is 1.00 bits per heavy atom. The zero-order valence-electron chi connectivity index (χ0n) is 14.2. The lowest BCUT2D eigenvalue weighted by atomic mass is 10.1. The SMILES string of the molecule is COc1ccc(OCC(=O)NNS(=O)(=O)c2ccc(C)c(C)c2)cc1. The third kappa shape index (κ3) is 5.20. The highest BCUT2D eigenvalue weighted by Crippen LogP contribution is 2.17. The quantitative estimate of drug-likeness (QED) is 0.730. The second kappa shape index (κ2) is 8.00. The maximum atomic E-state index is 12.2. The summed E-state index contributed by atoms with van der Waals surface area (Å²) in [6.45, 7) is 3.37. The van der Waals surface area contributed by atoms with Gasteiger partial charge in [0.1, 0.15) is 11.5 Å². The first-order valence-corrected chi connectivity index (χ1v) is 8.95. The molecule has 7 nitrogen and oxygen atoms in total. The molecule has 1 amide bonds. The van der Waals surface area contributed by atoms with Crippen molar-refractivity contribution < 1.29 is 22.7 Å². The molecule has 0 radical (unpaired) electrons. The number of sulfonamides is 1. The molecular weight excluding hydrogens is 344 g/mol. The van der Waals surface area contributed by atoms with Crippen molar-refractivity contribution in [3.8, 4) is 11.5 Å². The number of amides is 1. The number of hydrazine groups is 1. The van der Waals surface area contributed by atoms with E-state index in [1.54, 1.807) is 37.4 Å². The lowest BCUT2D eigenvalue weighted by Gasteiger charge is -2.11. The molecule has 2 rings (SSSR count). The molecule has 2 aromatic rings. The van der Waals surface area contributed by atoms with Gasteiger partial charge in [0.25, 0.3) is 15.9 Å². The van der Waals surface area contributed by atoms with Gasteiger partial charge in [0.2, 0.25) is 0 Å². The van der Waals surface area contributed by atoms with Gasteiger partial charge in [0.05, 0.1) is 12.0 Å². The van der Waals surface area contributed by atoms with E-state index in [1.165, 1.54) is 12.1 Å². The second-order valence-corrected chi connectivity index (χ2v) is 7.05. The lowest BCUT2D eigenvalue weighted by Crippen LogP contribution is -2.43. The zero-order valence-corrected chi connectivity index (χ0v) is 15.0. The topological polar surface area (TPSA) is 93.7 Å². The van der Waals surface area contributed by atoms with E-state index in [1.807, 2.05) is 18.7 Å². The standard InChI is InChI=1S/C17H20N2O5S/c1-12-4-9-16(10-13(12)2)25(21,22)19-18-17(20)11-24-15-7-5-14(23-3)6-8-15/h4-10,19H,11H2,1-3H3,(H,18,20). The first-order chi connectivity index (χ1) is 11.8. The molecule has 2 N–H and O–H groups in total. The molecule has 0 aliphatic heterocycles. The Bertz CT molecular complexity index is 848. The first-order valence-electron chi connectivity index (χ1n) is 7.46. The van der Waals surface area contributed by atoms with Gasteiger partial charge in [-0.2, -0.15) is 0 Å². The number of aryl methyl sites for hydroxylation is 2. The van der Waals surface area contributed by atoms with E-state index >= 15 is 0 Å². The van der Waals surface area contributed by atoms with Crippen molar-refractivity contribution in [1.29, 1.82) is 0 Å². The van der Waals surface area contributed by atoms with Crippen LogP contribution < -0.4 is 19.7 Å². The molecule has 8 heteroatoms. The molecule has 0 aromatic heterocycles. The Kier molecular flexibility index (Phi) is 6.00. The molecule has 2 aromatic carbocycles. The molecule has 0 heterocycles. The summed E-state index contributed by atoms with van der Waals surface area (Å²) in [6, 6.07) is 11.4. The van der Waals surface area contributed by atoms with Gasteiger partial charge in [-0.25, -0.2) is 8.42 Å². The van der Waals surface area contributed by atoms with E-state index < -0.39 is 15.9 Å². The van der Waals surface area contributed by atoms with Crippen LogP contribution in [0.5, 0.6) is 11.5 Å². The van der Waals surface area contributed by atoms with Gasteiger partial charge in [0, 0.05) is 0 Å². The number of methoxy groups -OCH3 is 1. The molecule has 0 spiro atoms. The monoisotopic (exact) mass is 364 g/mol. The molecule has 134 valence electrons. The smallest absolute Gasteiger partial charge is 0.272 e. The van der Waals surface area contributed by atoms with Crippen LogP contribution in [0.3, 0.4) is 0 Å². The Balaban J connectivity index is 1.88. The highest BCUT2D eigenvalue weighted by atomic mass is 32.2. The third-order valence-corrected chi connectivity index (χ3v) is 4.79. The minimum absolute atomic E-state index is 0.0759. The van der Waals surface area contributed by atoms with E-state index in [4.69, 9.17) is 9.47 Å². The molecule has 25 heavy (non-hydrogen) atoms. The molecule has 0 unspecified atom stereocenters. The summed E-state index contributed by atoms with van der Waals surface area (Å²) in [6.07, 6.45) is 0. The van der Waals surface area contributed by atoms with Gasteiger partial charge in [-0.1, -0.05) is 6.07 Å². The lowest BCUT2D eigenvalue weighted by molar-refractivity contribution is -0.123. The van der Waals surface area contributed by atoms with Gasteiger partial charge < -0.3 is 9.47 Å². The molecule has 0 saturated heterocycles. The van der Waals surface area contributed by atoms with E-state index in [9.17, 15) is 13.2 Å². The van der Waals surface area contributed by atoms with Crippen molar-refractivity contribution in [2.24, 2.45) is 0 Å². The molecule has 0 aliphatic rings. The largest absolute Gasteiger partial charge is 0.497 e. The fourth-order valence-electron chi connectivity index (χ4n) is 1.92. The molecule has 0 atom stereocenters. The van der Waals surface area contributed by atoms with Crippen molar-refractivity contribution in [2.75, 3.05) is 13.7 Å². The van der Waals surface area contributed by atoms with E-state index in [2.05, 4.69) is 5.43 Å². The molecule has 0 fully saturated rings. The second-order valence-electron chi connectivity index (χ2n) is 5.36. The highest BCUT2D eigenvalue weighted by Gasteiger charge is 2.15. The number of ether oxygens (including phenoxy) is 2. The van der Waals surface area contributed by atoms with Gasteiger partial charge in [-0.3, -0.25) is 10.2 Å². The van der Waals surface area contributed by atoms with Crippen LogP contribution >= 0.6 is 0 Å². The summed E-state index contributed by atoms with van der Waals surface area (Å²) in [5.41, 5.74) is 3.95. The fourth-order valence-corrected chi connectivity index (χ4v) is 2.87. The average Bonchev–Trinajstić information content (AvgIpc) is 2.61. The summed E-state index contributed by atoms with van der Waals surface area (Å²) in [5.74, 6) is 0.508. The van der Waals surface area contributed by atoms with Crippen molar-refractivity contribution in [1.82, 2.24) is 10.3 Å². The maximum absolute atomic E-state index is 12.2. The Labute approximate surface area is 147 Å². The number of nitrogens with one attached hydrogen (secondary N) is 2. The van der Waals surface area contributed by atoms with Gasteiger partial charge in [0.15, 0.2) is 6.61 Å². The van der Waals surface area contributed by atoms with Crippen LogP contribution in [-0.2, 0) is 14.8 Å².